The molecule has 2 aromatic rings. The molecule has 0 radical (unpaired) electrons. The lowest BCUT2D eigenvalue weighted by atomic mass is 10.1. The van der Waals surface area contributed by atoms with Crippen molar-refractivity contribution < 1.29 is 18.7 Å². The van der Waals surface area contributed by atoms with E-state index in [1.807, 2.05) is 6.07 Å². The molecule has 2 unspecified atom stereocenters. The van der Waals surface area contributed by atoms with E-state index in [1.54, 1.807) is 41.3 Å². The second-order valence-corrected chi connectivity index (χ2v) is 8.69. The van der Waals surface area contributed by atoms with Crippen LogP contribution in [0.3, 0.4) is 0 Å². The van der Waals surface area contributed by atoms with Crippen molar-refractivity contribution in [2.45, 2.75) is 11.4 Å². The van der Waals surface area contributed by atoms with Crippen molar-refractivity contribution in [3.63, 3.8) is 0 Å². The number of carbonyl (C=O) groups excluding carboxylic acids is 2. The molecule has 164 valence electrons. The standard InChI is InChI=1S/C23H26FN3O3S/c24-19-8-4-7-18(15-19)23-27(22(29)17-5-2-1-3-6-17)20(16-31-23)21(28)25-9-10-26-11-13-30-14-12-26/h1-8,15,20,23H,9-14,16H2,(H,25,28). The first kappa shape index (κ1) is 21.8. The molecule has 4 rings (SSSR count). The van der Waals surface area contributed by atoms with Crippen molar-refractivity contribution in [3.05, 3.63) is 71.5 Å². The summed E-state index contributed by atoms with van der Waals surface area (Å²) in [6.45, 7) is 4.39. The molecule has 8 heteroatoms. The van der Waals surface area contributed by atoms with Crippen LogP contribution < -0.4 is 5.32 Å². The summed E-state index contributed by atoms with van der Waals surface area (Å²) in [5, 5.41) is 2.57. The summed E-state index contributed by atoms with van der Waals surface area (Å²) in [4.78, 5) is 30.3. The van der Waals surface area contributed by atoms with E-state index in [0.717, 1.165) is 19.6 Å². The number of amides is 2. The maximum absolute atomic E-state index is 13.9. The summed E-state index contributed by atoms with van der Waals surface area (Å²) in [6, 6.07) is 14.5. The van der Waals surface area contributed by atoms with Gasteiger partial charge in [0.25, 0.3) is 5.91 Å². The molecule has 2 amide bonds. The Kier molecular flexibility index (Phi) is 7.21. The summed E-state index contributed by atoms with van der Waals surface area (Å²) in [6.07, 6.45) is 0. The maximum Gasteiger partial charge on any atom is 0.255 e. The van der Waals surface area contributed by atoms with E-state index in [1.165, 1.54) is 23.9 Å². The Hall–Kier alpha value is -2.42. The molecule has 2 saturated heterocycles. The van der Waals surface area contributed by atoms with Gasteiger partial charge < -0.3 is 15.0 Å². The average Bonchev–Trinajstić information content (AvgIpc) is 3.25. The number of carbonyl (C=O) groups is 2. The van der Waals surface area contributed by atoms with Crippen molar-refractivity contribution in [2.24, 2.45) is 0 Å². The lowest BCUT2D eigenvalue weighted by Crippen LogP contribution is -2.49. The fourth-order valence-electron chi connectivity index (χ4n) is 3.88. The van der Waals surface area contributed by atoms with Crippen molar-refractivity contribution in [3.8, 4) is 0 Å². The normalized spacial score (nSPS) is 21.8. The van der Waals surface area contributed by atoms with Gasteiger partial charge in [-0.05, 0) is 29.8 Å². The second kappa shape index (κ2) is 10.3. The Morgan fingerprint density at radius 2 is 1.87 bits per heavy atom. The van der Waals surface area contributed by atoms with E-state index in [-0.39, 0.29) is 17.6 Å². The third-order valence-corrected chi connectivity index (χ3v) is 6.85. The fraction of sp³-hybridized carbons (Fsp3) is 0.391. The van der Waals surface area contributed by atoms with E-state index in [4.69, 9.17) is 4.74 Å². The maximum atomic E-state index is 13.9. The van der Waals surface area contributed by atoms with E-state index < -0.39 is 11.4 Å². The Balaban J connectivity index is 1.49. The van der Waals surface area contributed by atoms with E-state index in [0.29, 0.717) is 36.6 Å². The van der Waals surface area contributed by atoms with Crippen LogP contribution in [0.25, 0.3) is 0 Å². The van der Waals surface area contributed by atoms with Crippen LogP contribution in [0.15, 0.2) is 54.6 Å². The first-order valence-corrected chi connectivity index (χ1v) is 11.5. The van der Waals surface area contributed by atoms with Crippen LogP contribution in [0.2, 0.25) is 0 Å². The van der Waals surface area contributed by atoms with Crippen LogP contribution in [0, 0.1) is 5.82 Å². The lowest BCUT2D eigenvalue weighted by Gasteiger charge is -2.30. The number of morpholine rings is 1. The highest BCUT2D eigenvalue weighted by molar-refractivity contribution is 7.99. The molecule has 31 heavy (non-hydrogen) atoms. The second-order valence-electron chi connectivity index (χ2n) is 7.58. The highest BCUT2D eigenvalue weighted by atomic mass is 32.2. The monoisotopic (exact) mass is 443 g/mol. The number of benzene rings is 2. The number of halogens is 1. The predicted molar refractivity (Wildman–Crippen MR) is 118 cm³/mol. The van der Waals surface area contributed by atoms with Gasteiger partial charge in [0, 0.05) is 37.5 Å². The third kappa shape index (κ3) is 5.26. The molecule has 2 aliphatic heterocycles. The van der Waals surface area contributed by atoms with Gasteiger partial charge in [-0.2, -0.15) is 0 Å². The summed E-state index contributed by atoms with van der Waals surface area (Å²) in [7, 11) is 0. The molecule has 1 N–H and O–H groups in total. The number of hydrogen-bond acceptors (Lipinski definition) is 5. The molecule has 6 nitrogen and oxygen atoms in total. The van der Waals surface area contributed by atoms with Crippen molar-refractivity contribution >= 4 is 23.6 Å². The van der Waals surface area contributed by atoms with Gasteiger partial charge in [0.15, 0.2) is 0 Å². The van der Waals surface area contributed by atoms with Crippen molar-refractivity contribution in [2.75, 3.05) is 45.1 Å². The van der Waals surface area contributed by atoms with Gasteiger partial charge in [-0.15, -0.1) is 11.8 Å². The predicted octanol–water partition coefficient (Wildman–Crippen LogP) is 2.53. The first-order chi connectivity index (χ1) is 15.1. The SMILES string of the molecule is O=C(NCCN1CCOCC1)C1CSC(c2cccc(F)c2)N1C(=O)c1ccccc1. The smallest absolute Gasteiger partial charge is 0.255 e. The minimum Gasteiger partial charge on any atom is -0.379 e. The Morgan fingerprint density at radius 3 is 2.61 bits per heavy atom. The lowest BCUT2D eigenvalue weighted by molar-refractivity contribution is -0.124. The Morgan fingerprint density at radius 1 is 1.10 bits per heavy atom. The van der Waals surface area contributed by atoms with Crippen LogP contribution in [0.4, 0.5) is 4.39 Å². The highest BCUT2D eigenvalue weighted by Crippen LogP contribution is 2.42. The zero-order chi connectivity index (χ0) is 21.6. The molecular weight excluding hydrogens is 417 g/mol. The molecule has 0 bridgehead atoms. The minimum absolute atomic E-state index is 0.177. The zero-order valence-electron chi connectivity index (χ0n) is 17.2. The number of thioether (sulfide) groups is 1. The molecule has 2 atom stereocenters. The first-order valence-electron chi connectivity index (χ1n) is 10.5. The van der Waals surface area contributed by atoms with Gasteiger partial charge in [-0.3, -0.25) is 14.5 Å². The molecule has 0 spiro atoms. The highest BCUT2D eigenvalue weighted by Gasteiger charge is 2.42. The molecule has 0 saturated carbocycles. The van der Waals surface area contributed by atoms with Gasteiger partial charge in [-0.1, -0.05) is 30.3 Å². The fourth-order valence-corrected chi connectivity index (χ4v) is 5.30. The van der Waals surface area contributed by atoms with Crippen molar-refractivity contribution in [1.82, 2.24) is 15.1 Å². The van der Waals surface area contributed by atoms with Gasteiger partial charge in [0.1, 0.15) is 17.2 Å². The molecule has 0 aromatic heterocycles. The van der Waals surface area contributed by atoms with Crippen LogP contribution in [-0.4, -0.2) is 72.8 Å². The number of nitrogens with zero attached hydrogens (tertiary/aromatic N) is 2. The Labute approximate surface area is 185 Å². The molecule has 2 aliphatic rings. The number of hydrogen-bond donors (Lipinski definition) is 1. The van der Waals surface area contributed by atoms with Crippen LogP contribution in [0.5, 0.6) is 0 Å². The van der Waals surface area contributed by atoms with Gasteiger partial charge in [0.2, 0.25) is 5.91 Å². The topological polar surface area (TPSA) is 61.9 Å². The van der Waals surface area contributed by atoms with Crippen LogP contribution >= 0.6 is 11.8 Å². The quantitative estimate of drug-likeness (QED) is 0.744. The molecule has 0 aliphatic carbocycles. The zero-order valence-corrected chi connectivity index (χ0v) is 18.0. The molecule has 2 fully saturated rings. The third-order valence-electron chi connectivity index (χ3n) is 5.52. The van der Waals surface area contributed by atoms with Crippen LogP contribution in [0.1, 0.15) is 21.3 Å². The largest absolute Gasteiger partial charge is 0.379 e. The van der Waals surface area contributed by atoms with E-state index in [9.17, 15) is 14.0 Å². The van der Waals surface area contributed by atoms with Crippen LogP contribution in [-0.2, 0) is 9.53 Å². The summed E-state index contributed by atoms with van der Waals surface area (Å²) < 4.78 is 19.2. The Bertz CT molecular complexity index is 908. The summed E-state index contributed by atoms with van der Waals surface area (Å²) >= 11 is 1.48. The number of ether oxygens (including phenoxy) is 1. The van der Waals surface area contributed by atoms with Gasteiger partial charge >= 0.3 is 0 Å². The van der Waals surface area contributed by atoms with Gasteiger partial charge in [-0.25, -0.2) is 4.39 Å². The van der Waals surface area contributed by atoms with Crippen molar-refractivity contribution in [1.29, 1.82) is 0 Å². The van der Waals surface area contributed by atoms with E-state index in [2.05, 4.69) is 10.2 Å². The average molecular weight is 444 g/mol. The molecule has 2 heterocycles. The van der Waals surface area contributed by atoms with E-state index >= 15 is 0 Å². The van der Waals surface area contributed by atoms with Gasteiger partial charge in [0.05, 0.1) is 13.2 Å². The number of rotatable bonds is 6. The summed E-state index contributed by atoms with van der Waals surface area (Å²) in [5.74, 6) is -0.302. The summed E-state index contributed by atoms with van der Waals surface area (Å²) in [5.41, 5.74) is 1.19. The number of nitrogens with one attached hydrogen (secondary N) is 1. The minimum atomic E-state index is -0.615. The molecule has 2 aromatic carbocycles. The molecular formula is C23H26FN3O3S.